The van der Waals surface area contributed by atoms with Gasteiger partial charge in [-0.3, -0.25) is 0 Å². The number of rotatable bonds is 4. The van der Waals surface area contributed by atoms with Gasteiger partial charge in [0.25, 0.3) is 0 Å². The number of aliphatic hydroxyl groups excluding tert-OH is 1. The number of nitrogens with zero attached hydrogens (tertiary/aromatic N) is 3. The van der Waals surface area contributed by atoms with Crippen molar-refractivity contribution in [3.05, 3.63) is 60.0 Å². The van der Waals surface area contributed by atoms with Crippen LogP contribution in [0.15, 0.2) is 48.5 Å². The number of halogens is 1. The predicted octanol–water partition coefficient (Wildman–Crippen LogP) is 2.57. The molecule has 5 nitrogen and oxygen atoms in total. The van der Waals surface area contributed by atoms with Crippen molar-refractivity contribution in [2.24, 2.45) is 0 Å². The second-order valence-corrected chi connectivity index (χ2v) is 4.66. The molecule has 112 valence electrons. The van der Waals surface area contributed by atoms with Crippen LogP contribution in [0.4, 0.5) is 4.39 Å². The number of ether oxygens (including phenoxy) is 1. The van der Waals surface area contributed by atoms with Crippen LogP contribution in [0.2, 0.25) is 0 Å². The Labute approximate surface area is 126 Å². The van der Waals surface area contributed by atoms with Crippen molar-refractivity contribution in [2.45, 2.75) is 6.61 Å². The lowest BCUT2D eigenvalue weighted by Crippen LogP contribution is -2.00. The molecule has 0 aliphatic carbocycles. The third kappa shape index (κ3) is 2.56. The molecule has 1 N–H and O–H groups in total. The molecule has 0 radical (unpaired) electrons. The van der Waals surface area contributed by atoms with Crippen molar-refractivity contribution in [1.29, 1.82) is 0 Å². The van der Waals surface area contributed by atoms with Gasteiger partial charge in [-0.1, -0.05) is 17.3 Å². The molecular weight excluding hydrogens is 285 g/mol. The summed E-state index contributed by atoms with van der Waals surface area (Å²) in [7, 11) is 1.58. The van der Waals surface area contributed by atoms with E-state index in [2.05, 4.69) is 10.3 Å². The molecule has 1 heterocycles. The average Bonchev–Trinajstić information content (AvgIpc) is 2.99. The van der Waals surface area contributed by atoms with Gasteiger partial charge in [0.05, 0.1) is 19.4 Å². The molecule has 6 heteroatoms. The standard InChI is InChI=1S/C16H14FN3O2/c1-22-14-4-2-3-11(9-14)16-15(10-21)18-19-20(16)13-7-5-12(17)6-8-13/h2-9,21H,10H2,1H3. The van der Waals surface area contributed by atoms with Gasteiger partial charge in [-0.2, -0.15) is 0 Å². The molecule has 0 unspecified atom stereocenters. The highest BCUT2D eigenvalue weighted by molar-refractivity contribution is 5.65. The highest BCUT2D eigenvalue weighted by Crippen LogP contribution is 2.28. The minimum absolute atomic E-state index is 0.242. The van der Waals surface area contributed by atoms with E-state index in [0.29, 0.717) is 22.8 Å². The van der Waals surface area contributed by atoms with Crippen LogP contribution in [0.5, 0.6) is 5.75 Å². The lowest BCUT2D eigenvalue weighted by atomic mass is 10.1. The van der Waals surface area contributed by atoms with E-state index in [0.717, 1.165) is 5.56 Å². The second-order valence-electron chi connectivity index (χ2n) is 4.66. The predicted molar refractivity (Wildman–Crippen MR) is 79.2 cm³/mol. The van der Waals surface area contributed by atoms with Crippen LogP contribution in [0, 0.1) is 5.82 Å². The summed E-state index contributed by atoms with van der Waals surface area (Å²) in [6.07, 6.45) is 0. The largest absolute Gasteiger partial charge is 0.497 e. The molecule has 0 amide bonds. The molecule has 0 atom stereocenters. The third-order valence-corrected chi connectivity index (χ3v) is 3.30. The van der Waals surface area contributed by atoms with Crippen LogP contribution in [0.25, 0.3) is 16.9 Å². The Morgan fingerprint density at radius 2 is 1.95 bits per heavy atom. The fourth-order valence-electron chi connectivity index (χ4n) is 2.24. The van der Waals surface area contributed by atoms with Gasteiger partial charge in [0.1, 0.15) is 23.0 Å². The van der Waals surface area contributed by atoms with Gasteiger partial charge in [-0.05, 0) is 36.4 Å². The lowest BCUT2D eigenvalue weighted by Gasteiger charge is -2.09. The summed E-state index contributed by atoms with van der Waals surface area (Å²) in [5, 5.41) is 17.6. The molecule has 0 spiro atoms. The Hall–Kier alpha value is -2.73. The first-order valence-corrected chi connectivity index (χ1v) is 6.68. The van der Waals surface area contributed by atoms with Crippen LogP contribution in [0.3, 0.4) is 0 Å². The molecule has 0 bridgehead atoms. The zero-order valence-electron chi connectivity index (χ0n) is 11.9. The monoisotopic (exact) mass is 299 g/mol. The van der Waals surface area contributed by atoms with E-state index >= 15 is 0 Å². The van der Waals surface area contributed by atoms with E-state index in [4.69, 9.17) is 4.74 Å². The van der Waals surface area contributed by atoms with Crippen molar-refractivity contribution >= 4 is 0 Å². The summed E-state index contributed by atoms with van der Waals surface area (Å²) in [5.41, 5.74) is 2.55. The molecule has 0 saturated carbocycles. The van der Waals surface area contributed by atoms with Gasteiger partial charge in [-0.25, -0.2) is 9.07 Å². The Morgan fingerprint density at radius 1 is 1.18 bits per heavy atom. The summed E-state index contributed by atoms with van der Waals surface area (Å²) < 4.78 is 19.9. The minimum atomic E-state index is -0.325. The minimum Gasteiger partial charge on any atom is -0.497 e. The summed E-state index contributed by atoms with van der Waals surface area (Å²) in [6, 6.07) is 13.3. The number of benzene rings is 2. The number of hydrogen-bond donors (Lipinski definition) is 1. The van der Waals surface area contributed by atoms with E-state index in [9.17, 15) is 9.50 Å². The van der Waals surface area contributed by atoms with Crippen molar-refractivity contribution in [1.82, 2.24) is 15.0 Å². The molecule has 2 aromatic carbocycles. The van der Waals surface area contributed by atoms with Crippen LogP contribution in [0.1, 0.15) is 5.69 Å². The number of aliphatic hydroxyl groups is 1. The maximum atomic E-state index is 13.1. The molecule has 3 rings (SSSR count). The van der Waals surface area contributed by atoms with E-state index < -0.39 is 0 Å². The quantitative estimate of drug-likeness (QED) is 0.804. The smallest absolute Gasteiger partial charge is 0.123 e. The van der Waals surface area contributed by atoms with E-state index in [-0.39, 0.29) is 12.4 Å². The SMILES string of the molecule is COc1cccc(-c2c(CO)nnn2-c2ccc(F)cc2)c1. The van der Waals surface area contributed by atoms with Gasteiger partial charge < -0.3 is 9.84 Å². The zero-order valence-corrected chi connectivity index (χ0v) is 11.9. The van der Waals surface area contributed by atoms with E-state index in [1.54, 1.807) is 23.9 Å². The maximum absolute atomic E-state index is 13.1. The number of aromatic nitrogens is 3. The Bertz CT molecular complexity index is 784. The van der Waals surface area contributed by atoms with Crippen LogP contribution in [-0.4, -0.2) is 27.2 Å². The molecule has 0 fully saturated rings. The van der Waals surface area contributed by atoms with Crippen LogP contribution >= 0.6 is 0 Å². The van der Waals surface area contributed by atoms with Crippen molar-refractivity contribution in [2.75, 3.05) is 7.11 Å². The first kappa shape index (κ1) is 14.2. The van der Waals surface area contributed by atoms with Gasteiger partial charge in [0.2, 0.25) is 0 Å². The van der Waals surface area contributed by atoms with Crippen molar-refractivity contribution in [3.8, 4) is 22.7 Å². The number of hydrogen-bond acceptors (Lipinski definition) is 4. The third-order valence-electron chi connectivity index (χ3n) is 3.30. The number of methoxy groups -OCH3 is 1. The maximum Gasteiger partial charge on any atom is 0.123 e. The lowest BCUT2D eigenvalue weighted by molar-refractivity contribution is 0.277. The van der Waals surface area contributed by atoms with Crippen LogP contribution in [-0.2, 0) is 6.61 Å². The topological polar surface area (TPSA) is 60.2 Å². The molecule has 0 aliphatic heterocycles. The first-order valence-electron chi connectivity index (χ1n) is 6.68. The fourth-order valence-corrected chi connectivity index (χ4v) is 2.24. The summed E-state index contributed by atoms with van der Waals surface area (Å²) >= 11 is 0. The zero-order chi connectivity index (χ0) is 15.5. The Kier molecular flexibility index (Phi) is 3.84. The second kappa shape index (κ2) is 5.95. The fraction of sp³-hybridized carbons (Fsp3) is 0.125. The van der Waals surface area contributed by atoms with Gasteiger partial charge >= 0.3 is 0 Å². The summed E-state index contributed by atoms with van der Waals surface area (Å²) in [5.74, 6) is 0.363. The van der Waals surface area contributed by atoms with Crippen molar-refractivity contribution < 1.29 is 14.2 Å². The van der Waals surface area contributed by atoms with E-state index in [1.165, 1.54) is 12.1 Å². The molecule has 1 aromatic heterocycles. The summed E-state index contributed by atoms with van der Waals surface area (Å²) in [6.45, 7) is -0.242. The highest BCUT2D eigenvalue weighted by Gasteiger charge is 2.16. The Morgan fingerprint density at radius 3 is 2.64 bits per heavy atom. The molecule has 22 heavy (non-hydrogen) atoms. The van der Waals surface area contributed by atoms with Crippen molar-refractivity contribution in [3.63, 3.8) is 0 Å². The average molecular weight is 299 g/mol. The molecular formula is C16H14FN3O2. The molecule has 3 aromatic rings. The first-order chi connectivity index (χ1) is 10.7. The van der Waals surface area contributed by atoms with E-state index in [1.807, 2.05) is 24.3 Å². The van der Waals surface area contributed by atoms with Gasteiger partial charge in [-0.15, -0.1) is 5.10 Å². The highest BCUT2D eigenvalue weighted by atomic mass is 19.1. The summed E-state index contributed by atoms with van der Waals surface area (Å²) in [4.78, 5) is 0. The molecule has 0 saturated heterocycles. The van der Waals surface area contributed by atoms with Crippen LogP contribution < -0.4 is 4.74 Å². The normalized spacial score (nSPS) is 10.7. The van der Waals surface area contributed by atoms with Gasteiger partial charge in [0, 0.05) is 5.56 Å². The Balaban J connectivity index is 2.16. The van der Waals surface area contributed by atoms with Gasteiger partial charge in [0.15, 0.2) is 0 Å². The molecule has 0 aliphatic rings.